The number of rotatable bonds is 6. The molecule has 0 amide bonds. The fourth-order valence-corrected chi connectivity index (χ4v) is 4.16. The Labute approximate surface area is 126 Å². The summed E-state index contributed by atoms with van der Waals surface area (Å²) in [5, 5.41) is 0. The predicted octanol–water partition coefficient (Wildman–Crippen LogP) is 1.38. The molecule has 1 aliphatic heterocycles. The van der Waals surface area contributed by atoms with Gasteiger partial charge in [0.05, 0.1) is 5.75 Å². The van der Waals surface area contributed by atoms with Gasteiger partial charge in [0.15, 0.2) is 0 Å². The molecule has 1 saturated heterocycles. The average molecular weight is 312 g/mol. The van der Waals surface area contributed by atoms with E-state index in [9.17, 15) is 8.42 Å². The van der Waals surface area contributed by atoms with Crippen LogP contribution in [0.3, 0.4) is 0 Å². The molecule has 6 heteroatoms. The summed E-state index contributed by atoms with van der Waals surface area (Å²) in [6, 6.07) is 7.34. The lowest BCUT2D eigenvalue weighted by molar-refractivity contribution is 0.0585. The molecule has 1 fully saturated rings. The van der Waals surface area contributed by atoms with Gasteiger partial charge >= 0.3 is 0 Å². The van der Waals surface area contributed by atoms with Crippen LogP contribution in [0.2, 0.25) is 0 Å². The molecular formula is C15H24N2O3S. The van der Waals surface area contributed by atoms with E-state index in [4.69, 9.17) is 10.5 Å². The quantitative estimate of drug-likeness (QED) is 0.831. The standard InChI is InChI=1S/C15H24N2O3S/c1-12(15-5-7-20-8-6-15)17-21(18,19)11-14-4-2-3-13(9-14)10-16/h2-4,9,12,15,17H,5-8,10-11,16H2,1H3. The van der Waals surface area contributed by atoms with E-state index in [1.807, 2.05) is 31.2 Å². The first kappa shape index (κ1) is 16.4. The number of hydrogen-bond donors (Lipinski definition) is 2. The molecule has 1 aliphatic rings. The second-order valence-electron chi connectivity index (χ2n) is 5.64. The van der Waals surface area contributed by atoms with E-state index >= 15 is 0 Å². The minimum Gasteiger partial charge on any atom is -0.381 e. The third-order valence-electron chi connectivity index (χ3n) is 3.92. The maximum atomic E-state index is 12.3. The molecule has 1 unspecified atom stereocenters. The van der Waals surface area contributed by atoms with Gasteiger partial charge in [0.1, 0.15) is 0 Å². The third kappa shape index (κ3) is 5.07. The molecule has 0 aliphatic carbocycles. The van der Waals surface area contributed by atoms with E-state index in [0.717, 1.165) is 37.2 Å². The molecule has 1 aromatic carbocycles. The molecule has 0 spiro atoms. The SMILES string of the molecule is CC(NS(=O)(=O)Cc1cccc(CN)c1)C1CCOCC1. The summed E-state index contributed by atoms with van der Waals surface area (Å²) in [6.45, 7) is 3.79. The Hall–Kier alpha value is -0.950. The molecule has 3 N–H and O–H groups in total. The van der Waals surface area contributed by atoms with E-state index in [1.54, 1.807) is 0 Å². The second-order valence-corrected chi connectivity index (χ2v) is 7.39. The van der Waals surface area contributed by atoms with E-state index in [-0.39, 0.29) is 11.8 Å². The Bertz CT molecular complexity index is 554. The van der Waals surface area contributed by atoms with Crippen molar-refractivity contribution in [3.63, 3.8) is 0 Å². The van der Waals surface area contributed by atoms with Crippen LogP contribution in [0, 0.1) is 5.92 Å². The Morgan fingerprint density at radius 3 is 2.67 bits per heavy atom. The van der Waals surface area contributed by atoms with Gasteiger partial charge in [0.25, 0.3) is 0 Å². The van der Waals surface area contributed by atoms with Crippen LogP contribution in [-0.2, 0) is 27.1 Å². The van der Waals surface area contributed by atoms with Crippen molar-refractivity contribution in [3.05, 3.63) is 35.4 Å². The van der Waals surface area contributed by atoms with Gasteiger partial charge in [-0.15, -0.1) is 0 Å². The highest BCUT2D eigenvalue weighted by Gasteiger charge is 2.24. The van der Waals surface area contributed by atoms with Gasteiger partial charge < -0.3 is 10.5 Å². The Morgan fingerprint density at radius 1 is 1.33 bits per heavy atom. The van der Waals surface area contributed by atoms with Crippen molar-refractivity contribution >= 4 is 10.0 Å². The van der Waals surface area contributed by atoms with Crippen molar-refractivity contribution < 1.29 is 13.2 Å². The number of ether oxygens (including phenoxy) is 1. The van der Waals surface area contributed by atoms with Crippen molar-refractivity contribution in [2.45, 2.75) is 38.1 Å². The first-order valence-electron chi connectivity index (χ1n) is 7.36. The molecule has 0 radical (unpaired) electrons. The van der Waals surface area contributed by atoms with Crippen molar-refractivity contribution in [1.29, 1.82) is 0 Å². The minimum atomic E-state index is -3.34. The molecule has 5 nitrogen and oxygen atoms in total. The zero-order valence-electron chi connectivity index (χ0n) is 12.4. The summed E-state index contributed by atoms with van der Waals surface area (Å²) < 4.78 is 32.7. The predicted molar refractivity (Wildman–Crippen MR) is 83.1 cm³/mol. The lowest BCUT2D eigenvalue weighted by Crippen LogP contribution is -2.40. The maximum absolute atomic E-state index is 12.3. The zero-order valence-corrected chi connectivity index (χ0v) is 13.2. The van der Waals surface area contributed by atoms with Gasteiger partial charge in [-0.2, -0.15) is 0 Å². The Balaban J connectivity index is 1.97. The normalized spacial score (nSPS) is 18.6. The summed E-state index contributed by atoms with van der Waals surface area (Å²) in [7, 11) is -3.34. The number of nitrogens with one attached hydrogen (secondary N) is 1. The number of nitrogens with two attached hydrogens (primary N) is 1. The van der Waals surface area contributed by atoms with E-state index < -0.39 is 10.0 Å². The Morgan fingerprint density at radius 2 is 2.00 bits per heavy atom. The topological polar surface area (TPSA) is 81.4 Å². The molecule has 0 aromatic heterocycles. The van der Waals surface area contributed by atoms with Gasteiger partial charge in [-0.1, -0.05) is 24.3 Å². The summed E-state index contributed by atoms with van der Waals surface area (Å²) >= 11 is 0. The first-order chi connectivity index (χ1) is 10.00. The average Bonchev–Trinajstić information content (AvgIpc) is 2.47. The van der Waals surface area contributed by atoms with Crippen LogP contribution >= 0.6 is 0 Å². The van der Waals surface area contributed by atoms with Crippen LogP contribution in [0.15, 0.2) is 24.3 Å². The van der Waals surface area contributed by atoms with Crippen molar-refractivity contribution in [1.82, 2.24) is 4.72 Å². The number of hydrogen-bond acceptors (Lipinski definition) is 4. The van der Waals surface area contributed by atoms with Crippen molar-refractivity contribution in [3.8, 4) is 0 Å². The highest BCUT2D eigenvalue weighted by molar-refractivity contribution is 7.88. The molecule has 1 atom stereocenters. The van der Waals surface area contributed by atoms with Crippen molar-refractivity contribution in [2.75, 3.05) is 13.2 Å². The van der Waals surface area contributed by atoms with Crippen LogP contribution in [0.1, 0.15) is 30.9 Å². The van der Waals surface area contributed by atoms with Crippen LogP contribution in [0.5, 0.6) is 0 Å². The summed E-state index contributed by atoms with van der Waals surface area (Å²) in [5.41, 5.74) is 7.30. The fraction of sp³-hybridized carbons (Fsp3) is 0.600. The molecule has 0 saturated carbocycles. The van der Waals surface area contributed by atoms with Crippen LogP contribution in [0.4, 0.5) is 0 Å². The Kier molecular flexibility index (Phi) is 5.75. The molecule has 118 valence electrons. The maximum Gasteiger partial charge on any atom is 0.216 e. The van der Waals surface area contributed by atoms with E-state index in [1.165, 1.54) is 0 Å². The molecule has 2 rings (SSSR count). The molecule has 21 heavy (non-hydrogen) atoms. The van der Waals surface area contributed by atoms with Crippen LogP contribution in [0.25, 0.3) is 0 Å². The number of sulfonamides is 1. The highest BCUT2D eigenvalue weighted by atomic mass is 32.2. The summed E-state index contributed by atoms with van der Waals surface area (Å²) in [5.74, 6) is 0.345. The van der Waals surface area contributed by atoms with Crippen molar-refractivity contribution in [2.24, 2.45) is 11.7 Å². The largest absolute Gasteiger partial charge is 0.381 e. The highest BCUT2D eigenvalue weighted by Crippen LogP contribution is 2.19. The fourth-order valence-electron chi connectivity index (χ4n) is 2.70. The van der Waals surface area contributed by atoms with Gasteiger partial charge in [0, 0.05) is 25.8 Å². The molecular weight excluding hydrogens is 288 g/mol. The molecule has 1 heterocycles. The van der Waals surface area contributed by atoms with Gasteiger partial charge in [-0.3, -0.25) is 0 Å². The zero-order chi connectivity index (χ0) is 15.3. The van der Waals surface area contributed by atoms with E-state index in [2.05, 4.69) is 4.72 Å². The van der Waals surface area contributed by atoms with Gasteiger partial charge in [-0.25, -0.2) is 13.1 Å². The van der Waals surface area contributed by atoms with E-state index in [0.29, 0.717) is 12.5 Å². The van der Waals surface area contributed by atoms with Crippen LogP contribution in [-0.4, -0.2) is 27.7 Å². The lowest BCUT2D eigenvalue weighted by Gasteiger charge is -2.28. The van der Waals surface area contributed by atoms with Gasteiger partial charge in [0.2, 0.25) is 10.0 Å². The minimum absolute atomic E-state index is 0.00556. The molecule has 1 aromatic rings. The second kappa shape index (κ2) is 7.35. The lowest BCUT2D eigenvalue weighted by atomic mass is 9.94. The molecule has 0 bridgehead atoms. The number of benzene rings is 1. The monoisotopic (exact) mass is 312 g/mol. The summed E-state index contributed by atoms with van der Waals surface area (Å²) in [4.78, 5) is 0. The summed E-state index contributed by atoms with van der Waals surface area (Å²) in [6.07, 6.45) is 1.82. The van der Waals surface area contributed by atoms with Gasteiger partial charge in [-0.05, 0) is 36.8 Å². The van der Waals surface area contributed by atoms with Crippen LogP contribution < -0.4 is 10.5 Å². The smallest absolute Gasteiger partial charge is 0.216 e. The third-order valence-corrected chi connectivity index (χ3v) is 5.37. The first-order valence-corrected chi connectivity index (χ1v) is 9.01.